The van der Waals surface area contributed by atoms with Gasteiger partial charge in [0.05, 0.1) is 0 Å². The maximum Gasteiger partial charge on any atom is 0.270 e. The number of halogens is 1. The number of carbonyl (C=O) groups is 1. The molecule has 4 heteroatoms. The van der Waals surface area contributed by atoms with Crippen molar-refractivity contribution in [1.82, 2.24) is 9.47 Å². The molecule has 20 heavy (non-hydrogen) atoms. The predicted molar refractivity (Wildman–Crippen MR) is 86.0 cm³/mol. The topological polar surface area (TPSA) is 25.2 Å². The summed E-state index contributed by atoms with van der Waals surface area (Å²) in [6.07, 6.45) is 9.60. The van der Waals surface area contributed by atoms with Crippen LogP contribution in [0.1, 0.15) is 55.9 Å². The molecule has 1 aliphatic carbocycles. The van der Waals surface area contributed by atoms with Gasteiger partial charge in [0.1, 0.15) is 5.69 Å². The number of aromatic nitrogens is 1. The van der Waals surface area contributed by atoms with Gasteiger partial charge in [-0.25, -0.2) is 0 Å². The number of amides is 1. The minimum Gasteiger partial charge on any atom is -0.342 e. The van der Waals surface area contributed by atoms with E-state index < -0.39 is 0 Å². The first-order chi connectivity index (χ1) is 9.61. The van der Waals surface area contributed by atoms with Gasteiger partial charge in [-0.1, -0.05) is 26.2 Å². The van der Waals surface area contributed by atoms with Crippen LogP contribution in [0.2, 0.25) is 0 Å². The summed E-state index contributed by atoms with van der Waals surface area (Å²) in [5, 5.41) is 0. The summed E-state index contributed by atoms with van der Waals surface area (Å²) in [4.78, 5) is 14.5. The van der Waals surface area contributed by atoms with Crippen LogP contribution in [0.5, 0.6) is 0 Å². The van der Waals surface area contributed by atoms with E-state index in [1.165, 1.54) is 32.1 Å². The smallest absolute Gasteiger partial charge is 0.270 e. The molecule has 0 spiro atoms. The summed E-state index contributed by atoms with van der Waals surface area (Å²) in [7, 11) is 1.94. The Morgan fingerprint density at radius 1 is 1.40 bits per heavy atom. The van der Waals surface area contributed by atoms with Crippen molar-refractivity contribution in [2.45, 2.75) is 52.0 Å². The van der Waals surface area contributed by atoms with E-state index >= 15 is 0 Å². The van der Waals surface area contributed by atoms with E-state index in [0.29, 0.717) is 5.92 Å². The second kappa shape index (κ2) is 7.30. The number of rotatable bonds is 5. The maximum absolute atomic E-state index is 12.6. The summed E-state index contributed by atoms with van der Waals surface area (Å²) in [6.45, 7) is 3.92. The summed E-state index contributed by atoms with van der Waals surface area (Å²) < 4.78 is 3.05. The molecule has 1 aromatic rings. The number of aryl methyl sites for hydroxylation is 1. The van der Waals surface area contributed by atoms with E-state index in [1.807, 2.05) is 24.2 Å². The highest BCUT2D eigenvalue weighted by Gasteiger charge is 2.21. The molecule has 1 fully saturated rings. The van der Waals surface area contributed by atoms with E-state index in [4.69, 9.17) is 0 Å². The molecule has 0 saturated heterocycles. The van der Waals surface area contributed by atoms with Gasteiger partial charge in [-0.3, -0.25) is 4.79 Å². The molecule has 1 amide bonds. The molecule has 1 heterocycles. The second-order valence-electron chi connectivity index (χ2n) is 5.93. The Balaban J connectivity index is 2.01. The van der Waals surface area contributed by atoms with E-state index in [9.17, 15) is 4.79 Å². The molecule has 0 bridgehead atoms. The Hall–Kier alpha value is -0.770. The largest absolute Gasteiger partial charge is 0.342 e. The third kappa shape index (κ3) is 3.87. The van der Waals surface area contributed by atoms with E-state index in [0.717, 1.165) is 29.7 Å². The fraction of sp³-hybridized carbons (Fsp3) is 0.688. The first-order valence-corrected chi connectivity index (χ1v) is 8.52. The monoisotopic (exact) mass is 340 g/mol. The van der Waals surface area contributed by atoms with Crippen LogP contribution in [-0.4, -0.2) is 29.0 Å². The minimum atomic E-state index is 0.148. The first-order valence-electron chi connectivity index (χ1n) is 7.73. The molecular weight excluding hydrogens is 316 g/mol. The van der Waals surface area contributed by atoms with Gasteiger partial charge in [0.15, 0.2) is 0 Å². The Labute approximate surface area is 130 Å². The molecular formula is C16H25BrN2O. The average Bonchev–Trinajstić information content (AvgIpc) is 2.80. The standard InChI is InChI=1S/C16H25BrN2O/c1-3-9-19-12-14(17)10-15(19)16(20)18(2)11-13-7-5-4-6-8-13/h10,12-13H,3-9,11H2,1-2H3. The minimum absolute atomic E-state index is 0.148. The lowest BCUT2D eigenvalue weighted by Gasteiger charge is -2.27. The number of hydrogen-bond acceptors (Lipinski definition) is 1. The normalized spacial score (nSPS) is 16.4. The highest BCUT2D eigenvalue weighted by atomic mass is 79.9. The van der Waals surface area contributed by atoms with Gasteiger partial charge in [0.2, 0.25) is 0 Å². The van der Waals surface area contributed by atoms with Crippen LogP contribution >= 0.6 is 15.9 Å². The van der Waals surface area contributed by atoms with Gasteiger partial charge < -0.3 is 9.47 Å². The molecule has 2 rings (SSSR count). The lowest BCUT2D eigenvalue weighted by Crippen LogP contribution is -2.33. The zero-order chi connectivity index (χ0) is 14.5. The highest BCUT2D eigenvalue weighted by molar-refractivity contribution is 9.10. The number of nitrogens with zero attached hydrogens (tertiary/aromatic N) is 2. The molecule has 1 aliphatic rings. The Kier molecular flexibility index (Phi) is 5.70. The predicted octanol–water partition coefficient (Wildman–Crippen LogP) is 4.31. The quantitative estimate of drug-likeness (QED) is 0.783. The van der Waals surface area contributed by atoms with E-state index in [-0.39, 0.29) is 5.91 Å². The van der Waals surface area contributed by atoms with Crippen molar-refractivity contribution < 1.29 is 4.79 Å². The first kappa shape index (κ1) is 15.6. The third-order valence-corrected chi connectivity index (χ3v) is 4.58. The van der Waals surface area contributed by atoms with Crippen molar-refractivity contribution >= 4 is 21.8 Å². The summed E-state index contributed by atoms with van der Waals surface area (Å²) >= 11 is 3.48. The molecule has 1 saturated carbocycles. The fourth-order valence-corrected chi connectivity index (χ4v) is 3.58. The number of hydrogen-bond donors (Lipinski definition) is 0. The van der Waals surface area contributed by atoms with E-state index in [1.54, 1.807) is 0 Å². The summed E-state index contributed by atoms with van der Waals surface area (Å²) in [5.41, 5.74) is 0.803. The van der Waals surface area contributed by atoms with Gasteiger partial charge in [0.25, 0.3) is 5.91 Å². The lowest BCUT2D eigenvalue weighted by atomic mass is 9.89. The van der Waals surface area contributed by atoms with Crippen LogP contribution in [0.15, 0.2) is 16.7 Å². The number of carbonyl (C=O) groups excluding carboxylic acids is 1. The van der Waals surface area contributed by atoms with Gasteiger partial charge in [-0.2, -0.15) is 0 Å². The lowest BCUT2D eigenvalue weighted by molar-refractivity contribution is 0.0749. The van der Waals surface area contributed by atoms with Crippen molar-refractivity contribution in [3.63, 3.8) is 0 Å². The summed E-state index contributed by atoms with van der Waals surface area (Å²) in [6, 6.07) is 1.94. The van der Waals surface area contributed by atoms with Crippen LogP contribution in [0.4, 0.5) is 0 Å². The van der Waals surface area contributed by atoms with Crippen LogP contribution in [0, 0.1) is 5.92 Å². The van der Waals surface area contributed by atoms with Crippen molar-refractivity contribution in [1.29, 1.82) is 0 Å². The Morgan fingerprint density at radius 3 is 2.75 bits per heavy atom. The van der Waals surface area contributed by atoms with Crippen LogP contribution in [-0.2, 0) is 6.54 Å². The zero-order valence-corrected chi connectivity index (χ0v) is 14.2. The fourth-order valence-electron chi connectivity index (χ4n) is 3.12. The van der Waals surface area contributed by atoms with Gasteiger partial charge in [0, 0.05) is 30.8 Å². The van der Waals surface area contributed by atoms with E-state index in [2.05, 4.69) is 27.4 Å². The van der Waals surface area contributed by atoms with Crippen LogP contribution in [0.3, 0.4) is 0 Å². The SMILES string of the molecule is CCCn1cc(Br)cc1C(=O)N(C)CC1CCCCC1. The third-order valence-electron chi connectivity index (χ3n) is 4.15. The Morgan fingerprint density at radius 2 is 2.10 bits per heavy atom. The van der Waals surface area contributed by atoms with Crippen molar-refractivity contribution in [3.05, 3.63) is 22.4 Å². The molecule has 0 aliphatic heterocycles. The second-order valence-corrected chi connectivity index (χ2v) is 6.84. The molecule has 0 aromatic carbocycles. The van der Waals surface area contributed by atoms with Gasteiger partial charge >= 0.3 is 0 Å². The van der Waals surface area contributed by atoms with Crippen molar-refractivity contribution in [2.75, 3.05) is 13.6 Å². The molecule has 0 N–H and O–H groups in total. The highest BCUT2D eigenvalue weighted by Crippen LogP contribution is 2.25. The van der Waals surface area contributed by atoms with Crippen molar-refractivity contribution in [2.24, 2.45) is 5.92 Å². The van der Waals surface area contributed by atoms with Gasteiger partial charge in [-0.15, -0.1) is 0 Å². The van der Waals surface area contributed by atoms with Crippen LogP contribution < -0.4 is 0 Å². The molecule has 0 radical (unpaired) electrons. The molecule has 1 aromatic heterocycles. The Bertz CT molecular complexity index is 449. The molecule has 112 valence electrons. The molecule has 0 unspecified atom stereocenters. The average molecular weight is 341 g/mol. The molecule has 0 atom stereocenters. The maximum atomic E-state index is 12.6. The van der Waals surface area contributed by atoms with Gasteiger partial charge in [-0.05, 0) is 47.2 Å². The van der Waals surface area contributed by atoms with Crippen molar-refractivity contribution in [3.8, 4) is 0 Å². The zero-order valence-electron chi connectivity index (χ0n) is 12.6. The van der Waals surface area contributed by atoms with Crippen LogP contribution in [0.25, 0.3) is 0 Å². The molecule has 3 nitrogen and oxygen atoms in total. The summed E-state index contributed by atoms with van der Waals surface area (Å²) in [5.74, 6) is 0.838.